The summed E-state index contributed by atoms with van der Waals surface area (Å²) in [5.41, 5.74) is 0. The fourth-order valence-electron chi connectivity index (χ4n) is 0.697. The maximum absolute atomic E-state index is 5.13. The Morgan fingerprint density at radius 1 is 1.22 bits per heavy atom. The molecule has 0 radical (unpaired) electrons. The molecule has 56 valence electrons. The minimum atomic E-state index is 0.245. The fraction of sp³-hybridized carbons (Fsp3) is 1.00. The van der Waals surface area contributed by atoms with E-state index in [2.05, 4.69) is 13.8 Å². The molecule has 2 heteroatoms. The number of methoxy groups -OCH3 is 2. The van der Waals surface area contributed by atoms with Crippen molar-refractivity contribution < 1.29 is 9.47 Å². The number of hydrogen-bond acceptors (Lipinski definition) is 2. The van der Waals surface area contributed by atoms with Crippen LogP contribution < -0.4 is 0 Å². The second-order valence-electron chi connectivity index (χ2n) is 2.47. The minimum absolute atomic E-state index is 0.245. The highest BCUT2D eigenvalue weighted by atomic mass is 16.5. The Kier molecular flexibility index (Phi) is 4.72. The summed E-state index contributed by atoms with van der Waals surface area (Å²) in [6.45, 7) is 4.93. The van der Waals surface area contributed by atoms with Crippen molar-refractivity contribution in [1.29, 1.82) is 0 Å². The van der Waals surface area contributed by atoms with E-state index in [4.69, 9.17) is 9.47 Å². The second-order valence-corrected chi connectivity index (χ2v) is 2.47. The van der Waals surface area contributed by atoms with Crippen LogP contribution in [-0.4, -0.2) is 26.9 Å². The first-order valence-electron chi connectivity index (χ1n) is 3.24. The van der Waals surface area contributed by atoms with Crippen molar-refractivity contribution in [2.45, 2.75) is 20.0 Å². The van der Waals surface area contributed by atoms with Crippen molar-refractivity contribution in [3.8, 4) is 0 Å². The van der Waals surface area contributed by atoms with Gasteiger partial charge in [0.25, 0.3) is 0 Å². The van der Waals surface area contributed by atoms with Crippen LogP contribution in [0.1, 0.15) is 13.8 Å². The van der Waals surface area contributed by atoms with E-state index in [1.807, 2.05) is 0 Å². The lowest BCUT2D eigenvalue weighted by atomic mass is 10.1. The summed E-state index contributed by atoms with van der Waals surface area (Å²) in [6, 6.07) is 0. The van der Waals surface area contributed by atoms with Gasteiger partial charge in [0.2, 0.25) is 0 Å². The Balaban J connectivity index is 3.41. The van der Waals surface area contributed by atoms with Gasteiger partial charge in [0, 0.05) is 14.2 Å². The highest BCUT2D eigenvalue weighted by Gasteiger charge is 2.10. The summed E-state index contributed by atoms with van der Waals surface area (Å²) in [4.78, 5) is 0. The molecule has 2 nitrogen and oxygen atoms in total. The van der Waals surface area contributed by atoms with Crippen molar-refractivity contribution >= 4 is 0 Å². The van der Waals surface area contributed by atoms with E-state index < -0.39 is 0 Å². The van der Waals surface area contributed by atoms with E-state index in [0.29, 0.717) is 12.5 Å². The fourth-order valence-corrected chi connectivity index (χ4v) is 0.697. The quantitative estimate of drug-likeness (QED) is 0.574. The molecule has 0 heterocycles. The summed E-state index contributed by atoms with van der Waals surface area (Å²) in [7, 11) is 3.40. The Morgan fingerprint density at radius 2 is 1.78 bits per heavy atom. The zero-order valence-corrected chi connectivity index (χ0v) is 6.68. The first-order valence-corrected chi connectivity index (χ1v) is 3.24. The van der Waals surface area contributed by atoms with Crippen LogP contribution in [0.15, 0.2) is 0 Å². The lowest BCUT2D eigenvalue weighted by molar-refractivity contribution is 0.00122. The average Bonchev–Trinajstić information content (AvgIpc) is 1.82. The molecular formula is C7H16O2. The third-order valence-electron chi connectivity index (χ3n) is 1.38. The standard InChI is InChI=1S/C7H16O2/c1-6(2)7(9-4)5-8-3/h6-7H,5H2,1-4H3/t7-/m0/s1. The molecule has 0 saturated heterocycles. The summed E-state index contributed by atoms with van der Waals surface area (Å²) in [5, 5.41) is 0. The monoisotopic (exact) mass is 132 g/mol. The minimum Gasteiger partial charge on any atom is -0.382 e. The molecule has 0 fully saturated rings. The Morgan fingerprint density at radius 3 is 1.89 bits per heavy atom. The largest absolute Gasteiger partial charge is 0.382 e. The molecule has 0 bridgehead atoms. The normalized spacial score (nSPS) is 14.3. The van der Waals surface area contributed by atoms with Crippen LogP contribution in [0.3, 0.4) is 0 Å². The van der Waals surface area contributed by atoms with Crippen LogP contribution in [0, 0.1) is 5.92 Å². The molecule has 0 N–H and O–H groups in total. The summed E-state index contributed by atoms with van der Waals surface area (Å²) in [5.74, 6) is 0.537. The van der Waals surface area contributed by atoms with E-state index in [9.17, 15) is 0 Å². The van der Waals surface area contributed by atoms with Crippen LogP contribution in [0.5, 0.6) is 0 Å². The zero-order chi connectivity index (χ0) is 7.28. The van der Waals surface area contributed by atoms with Gasteiger partial charge in [-0.3, -0.25) is 0 Å². The first kappa shape index (κ1) is 8.92. The summed E-state index contributed by atoms with van der Waals surface area (Å²) >= 11 is 0. The maximum Gasteiger partial charge on any atom is 0.0827 e. The summed E-state index contributed by atoms with van der Waals surface area (Å²) in [6.07, 6.45) is 0.245. The number of rotatable bonds is 4. The highest BCUT2D eigenvalue weighted by Crippen LogP contribution is 2.04. The molecule has 0 aliphatic carbocycles. The lowest BCUT2D eigenvalue weighted by Crippen LogP contribution is -2.23. The molecule has 9 heavy (non-hydrogen) atoms. The molecule has 0 rings (SSSR count). The van der Waals surface area contributed by atoms with Crippen molar-refractivity contribution in [2.24, 2.45) is 5.92 Å². The smallest absolute Gasteiger partial charge is 0.0827 e. The number of hydrogen-bond donors (Lipinski definition) is 0. The predicted molar refractivity (Wildman–Crippen MR) is 37.5 cm³/mol. The van der Waals surface area contributed by atoms with E-state index in [1.165, 1.54) is 0 Å². The van der Waals surface area contributed by atoms with Crippen molar-refractivity contribution in [3.05, 3.63) is 0 Å². The van der Waals surface area contributed by atoms with Gasteiger partial charge in [0.05, 0.1) is 12.7 Å². The average molecular weight is 132 g/mol. The van der Waals surface area contributed by atoms with Gasteiger partial charge < -0.3 is 9.47 Å². The SMILES string of the molecule is COC[C@H](OC)C(C)C. The zero-order valence-electron chi connectivity index (χ0n) is 6.68. The molecule has 1 atom stereocenters. The molecule has 0 aliphatic rings. The van der Waals surface area contributed by atoms with Crippen molar-refractivity contribution in [1.82, 2.24) is 0 Å². The van der Waals surface area contributed by atoms with Gasteiger partial charge in [0.15, 0.2) is 0 Å². The highest BCUT2D eigenvalue weighted by molar-refractivity contribution is 4.59. The third kappa shape index (κ3) is 3.49. The molecule has 0 aliphatic heterocycles. The van der Waals surface area contributed by atoms with Crippen molar-refractivity contribution in [2.75, 3.05) is 20.8 Å². The summed E-state index contributed by atoms with van der Waals surface area (Å²) < 4.78 is 10.1. The second kappa shape index (κ2) is 4.77. The topological polar surface area (TPSA) is 18.5 Å². The van der Waals surface area contributed by atoms with Crippen LogP contribution in [0.4, 0.5) is 0 Å². The third-order valence-corrected chi connectivity index (χ3v) is 1.38. The van der Waals surface area contributed by atoms with Gasteiger partial charge in [-0.05, 0) is 5.92 Å². The molecular weight excluding hydrogens is 116 g/mol. The van der Waals surface area contributed by atoms with Crippen LogP contribution >= 0.6 is 0 Å². The van der Waals surface area contributed by atoms with E-state index in [0.717, 1.165) is 0 Å². The molecule has 0 amide bonds. The van der Waals surface area contributed by atoms with E-state index >= 15 is 0 Å². The first-order chi connectivity index (χ1) is 4.22. The molecule has 0 aromatic heterocycles. The van der Waals surface area contributed by atoms with Gasteiger partial charge in [-0.25, -0.2) is 0 Å². The Labute approximate surface area is 57.2 Å². The van der Waals surface area contributed by atoms with Crippen LogP contribution in [0.25, 0.3) is 0 Å². The molecule has 0 spiro atoms. The predicted octanol–water partition coefficient (Wildman–Crippen LogP) is 1.30. The molecule has 0 saturated carbocycles. The number of ether oxygens (including phenoxy) is 2. The van der Waals surface area contributed by atoms with Gasteiger partial charge in [-0.2, -0.15) is 0 Å². The van der Waals surface area contributed by atoms with Gasteiger partial charge in [-0.1, -0.05) is 13.8 Å². The van der Waals surface area contributed by atoms with Gasteiger partial charge >= 0.3 is 0 Å². The van der Waals surface area contributed by atoms with E-state index in [-0.39, 0.29) is 6.10 Å². The molecule has 0 aromatic carbocycles. The maximum atomic E-state index is 5.13. The van der Waals surface area contributed by atoms with Crippen molar-refractivity contribution in [3.63, 3.8) is 0 Å². The van der Waals surface area contributed by atoms with Crippen LogP contribution in [0.2, 0.25) is 0 Å². The van der Waals surface area contributed by atoms with Gasteiger partial charge in [-0.15, -0.1) is 0 Å². The van der Waals surface area contributed by atoms with Gasteiger partial charge in [0.1, 0.15) is 0 Å². The van der Waals surface area contributed by atoms with E-state index in [1.54, 1.807) is 14.2 Å². The molecule has 0 aromatic rings. The van der Waals surface area contributed by atoms with Crippen LogP contribution in [-0.2, 0) is 9.47 Å². The Hall–Kier alpha value is -0.0800. The Bertz CT molecular complexity index is 61.9. The molecule has 0 unspecified atom stereocenters. The lowest BCUT2D eigenvalue weighted by Gasteiger charge is -2.17.